The normalized spacial score (nSPS) is 42.8. The summed E-state index contributed by atoms with van der Waals surface area (Å²) in [6.45, 7) is 19.9. The first kappa shape index (κ1) is 34.3. The number of ether oxygens (including phenoxy) is 5. The molecule has 0 bridgehead atoms. The van der Waals surface area contributed by atoms with Crippen molar-refractivity contribution in [3.05, 3.63) is 12.0 Å². The molecule has 4 aliphatic rings. The SMILES string of the molecule is CC[C@H]1[C@@H](OCOC)C2C3CC[C@H]([C@H](C)CC=C(OC)O[Si](C)(C)C)[C@@]3(C)[C@@H](OCOC)CC2[C@@]2(C)CC[C@@H](C)C[C@@H]12. The van der Waals surface area contributed by atoms with Crippen LogP contribution in [-0.4, -0.2) is 55.4 Å². The Morgan fingerprint density at radius 2 is 1.62 bits per heavy atom. The third kappa shape index (κ3) is 6.52. The molecule has 4 fully saturated rings. The van der Waals surface area contributed by atoms with E-state index in [1.54, 1.807) is 21.3 Å². The molecule has 12 atom stereocenters. The number of hydrogen-bond acceptors (Lipinski definition) is 6. The summed E-state index contributed by atoms with van der Waals surface area (Å²) >= 11 is 0. The van der Waals surface area contributed by atoms with Gasteiger partial charge in [-0.15, -0.1) is 0 Å². The fraction of sp³-hybridized carbons (Fsp3) is 0.943. The van der Waals surface area contributed by atoms with E-state index in [1.807, 2.05) is 0 Å². The van der Waals surface area contributed by atoms with E-state index in [-0.39, 0.29) is 17.6 Å². The van der Waals surface area contributed by atoms with Crippen LogP contribution in [0.15, 0.2) is 12.0 Å². The van der Waals surface area contributed by atoms with Crippen molar-refractivity contribution in [3.63, 3.8) is 0 Å². The Morgan fingerprint density at radius 3 is 2.24 bits per heavy atom. The third-order valence-corrected chi connectivity index (χ3v) is 13.3. The number of rotatable bonds is 13. The molecule has 0 amide bonds. The lowest BCUT2D eigenvalue weighted by Gasteiger charge is -2.66. The zero-order valence-electron chi connectivity index (χ0n) is 28.9. The third-order valence-electron chi connectivity index (χ3n) is 12.5. The van der Waals surface area contributed by atoms with Gasteiger partial charge >= 0.3 is 0 Å². The summed E-state index contributed by atoms with van der Waals surface area (Å²) in [5.74, 6) is 5.48. The Labute approximate surface area is 259 Å². The smallest absolute Gasteiger partial charge is 0.260 e. The van der Waals surface area contributed by atoms with Crippen LogP contribution in [-0.2, 0) is 28.1 Å². The van der Waals surface area contributed by atoms with Crippen molar-refractivity contribution in [2.75, 3.05) is 34.9 Å². The highest BCUT2D eigenvalue weighted by atomic mass is 28.4. The van der Waals surface area contributed by atoms with Gasteiger partial charge in [0.2, 0.25) is 8.32 Å². The molecule has 42 heavy (non-hydrogen) atoms. The second-order valence-electron chi connectivity index (χ2n) is 15.9. The van der Waals surface area contributed by atoms with Crippen LogP contribution < -0.4 is 0 Å². The van der Waals surface area contributed by atoms with Gasteiger partial charge in [-0.3, -0.25) is 0 Å². The highest BCUT2D eigenvalue weighted by molar-refractivity contribution is 6.70. The molecule has 0 N–H and O–H groups in total. The first-order valence-electron chi connectivity index (χ1n) is 17.0. The maximum atomic E-state index is 6.81. The van der Waals surface area contributed by atoms with E-state index < -0.39 is 8.32 Å². The fourth-order valence-corrected chi connectivity index (χ4v) is 11.5. The summed E-state index contributed by atoms with van der Waals surface area (Å²) < 4.78 is 36.6. The molecule has 0 aromatic heterocycles. The van der Waals surface area contributed by atoms with Crippen LogP contribution in [0.1, 0.15) is 86.0 Å². The van der Waals surface area contributed by atoms with Crippen molar-refractivity contribution in [2.45, 2.75) is 118 Å². The number of methoxy groups -OCH3 is 3. The van der Waals surface area contributed by atoms with Crippen molar-refractivity contribution < 1.29 is 28.1 Å². The van der Waals surface area contributed by atoms with Gasteiger partial charge in [0, 0.05) is 19.6 Å². The molecule has 0 aromatic carbocycles. The Morgan fingerprint density at radius 1 is 0.929 bits per heavy atom. The number of allylic oxidation sites excluding steroid dienone is 1. The molecule has 4 rings (SSSR count). The average molecular weight is 609 g/mol. The quantitative estimate of drug-likeness (QED) is 0.119. The van der Waals surface area contributed by atoms with Crippen LogP contribution in [0.25, 0.3) is 0 Å². The molecule has 6 nitrogen and oxygen atoms in total. The molecule has 7 heteroatoms. The van der Waals surface area contributed by atoms with Gasteiger partial charge in [0.05, 0.1) is 19.3 Å². The Bertz CT molecular complexity index is 904. The Kier molecular flexibility index (Phi) is 11.3. The number of hydrogen-bond donors (Lipinski definition) is 0. The molecule has 0 radical (unpaired) electrons. The van der Waals surface area contributed by atoms with Gasteiger partial charge in [-0.05, 0) is 117 Å². The van der Waals surface area contributed by atoms with E-state index in [0.29, 0.717) is 66.4 Å². The molecule has 0 aliphatic heterocycles. The molecule has 4 aliphatic carbocycles. The number of fused-ring (bicyclic) bond motifs is 5. The summed E-state index contributed by atoms with van der Waals surface area (Å²) in [5.41, 5.74) is 0.382. The molecular weight excluding hydrogens is 544 g/mol. The van der Waals surface area contributed by atoms with E-state index in [9.17, 15) is 0 Å². The predicted molar refractivity (Wildman–Crippen MR) is 171 cm³/mol. The molecule has 0 saturated heterocycles. The minimum atomic E-state index is -1.74. The second kappa shape index (κ2) is 13.8. The molecule has 0 aromatic rings. The monoisotopic (exact) mass is 608 g/mol. The summed E-state index contributed by atoms with van der Waals surface area (Å²) in [4.78, 5) is 0. The van der Waals surface area contributed by atoms with Gasteiger partial charge in [-0.1, -0.05) is 47.5 Å². The molecule has 3 unspecified atom stereocenters. The van der Waals surface area contributed by atoms with Crippen LogP contribution in [0.5, 0.6) is 0 Å². The van der Waals surface area contributed by atoms with Gasteiger partial charge in [0.1, 0.15) is 13.6 Å². The van der Waals surface area contributed by atoms with Crippen molar-refractivity contribution in [1.82, 2.24) is 0 Å². The molecule has 244 valence electrons. The van der Waals surface area contributed by atoms with E-state index in [1.165, 1.54) is 38.5 Å². The van der Waals surface area contributed by atoms with Crippen molar-refractivity contribution >= 4 is 8.32 Å². The lowest BCUT2D eigenvalue weighted by molar-refractivity contribution is -0.262. The summed E-state index contributed by atoms with van der Waals surface area (Å²) in [7, 11) is 3.52. The van der Waals surface area contributed by atoms with Crippen molar-refractivity contribution in [1.29, 1.82) is 0 Å². The van der Waals surface area contributed by atoms with Crippen molar-refractivity contribution in [2.24, 2.45) is 58.2 Å². The second-order valence-corrected chi connectivity index (χ2v) is 20.3. The topological polar surface area (TPSA) is 55.4 Å². The summed E-state index contributed by atoms with van der Waals surface area (Å²) in [6.07, 6.45) is 12.3. The molecular formula is C35H64O6Si. The van der Waals surface area contributed by atoms with Gasteiger partial charge in [-0.2, -0.15) is 0 Å². The maximum Gasteiger partial charge on any atom is 0.260 e. The molecule has 0 spiro atoms. The van der Waals surface area contributed by atoms with E-state index in [2.05, 4.69) is 60.3 Å². The van der Waals surface area contributed by atoms with Crippen molar-refractivity contribution in [3.8, 4) is 0 Å². The van der Waals surface area contributed by atoms with Crippen LogP contribution in [0, 0.1) is 58.2 Å². The van der Waals surface area contributed by atoms with E-state index in [4.69, 9.17) is 28.1 Å². The molecule has 0 heterocycles. The van der Waals surface area contributed by atoms with E-state index in [0.717, 1.165) is 18.8 Å². The first-order valence-corrected chi connectivity index (χ1v) is 20.4. The standard InChI is InChI=1S/C35H64O6Si/c1-12-25-28-19-23(2)17-18-34(28,4)29-20-30(39-21-36-6)35(5)26(14-15-27(35)32(29)33(25)40-22-37-7)24(3)13-16-31(38-8)41-42(9,10)11/h16,23-30,32-33H,12-15,17-22H2,1-11H3/t23-,24-,25-,26-,27?,28+,29?,30+,32?,33-,34+,35-/m1/s1. The molecule has 4 saturated carbocycles. The highest BCUT2D eigenvalue weighted by Crippen LogP contribution is 2.70. The minimum absolute atomic E-state index is 0.0535. The zero-order valence-corrected chi connectivity index (χ0v) is 29.9. The van der Waals surface area contributed by atoms with E-state index >= 15 is 0 Å². The van der Waals surface area contributed by atoms with Crippen LogP contribution in [0.2, 0.25) is 19.6 Å². The average Bonchev–Trinajstić information content (AvgIpc) is 3.30. The van der Waals surface area contributed by atoms with Gasteiger partial charge in [-0.25, -0.2) is 0 Å². The zero-order chi connectivity index (χ0) is 30.9. The van der Waals surface area contributed by atoms with Gasteiger partial charge in [0.15, 0.2) is 0 Å². The highest BCUT2D eigenvalue weighted by Gasteiger charge is 2.68. The summed E-state index contributed by atoms with van der Waals surface area (Å²) in [5, 5.41) is 0. The summed E-state index contributed by atoms with van der Waals surface area (Å²) in [6, 6.07) is 0. The first-order chi connectivity index (χ1) is 19.8. The largest absolute Gasteiger partial charge is 0.520 e. The Hall–Kier alpha value is -0.603. The maximum absolute atomic E-state index is 6.81. The van der Waals surface area contributed by atoms with Crippen LogP contribution in [0.4, 0.5) is 0 Å². The predicted octanol–water partition coefficient (Wildman–Crippen LogP) is 8.48. The minimum Gasteiger partial charge on any atom is -0.520 e. The van der Waals surface area contributed by atoms with Crippen LogP contribution in [0.3, 0.4) is 0 Å². The lowest BCUT2D eigenvalue weighted by atomic mass is 9.40. The Balaban J connectivity index is 1.71. The fourth-order valence-electron chi connectivity index (χ4n) is 10.7. The van der Waals surface area contributed by atoms with Gasteiger partial charge < -0.3 is 28.1 Å². The van der Waals surface area contributed by atoms with Gasteiger partial charge in [0.25, 0.3) is 5.95 Å². The van der Waals surface area contributed by atoms with Crippen LogP contribution >= 0.6 is 0 Å². The lowest BCUT2D eigenvalue weighted by Crippen LogP contribution is -2.65.